The number of nitrogens with zero attached hydrogens (tertiary/aromatic N) is 3. The average Bonchev–Trinajstić information content (AvgIpc) is 2.88. The van der Waals surface area contributed by atoms with Gasteiger partial charge in [-0.25, -0.2) is 4.98 Å². The number of hydrogen-bond donors (Lipinski definition) is 0. The SMILES string of the molecule is Brc1nc2ccncc2n1C1CC1. The Hall–Kier alpha value is -0.900. The summed E-state index contributed by atoms with van der Waals surface area (Å²) in [6.45, 7) is 0. The standard InChI is InChI=1S/C9H8BrN3/c10-9-12-7-3-4-11-5-8(7)13(9)6-1-2-6/h3-6H,1-2H2. The molecule has 0 atom stereocenters. The second-order valence-electron chi connectivity index (χ2n) is 3.35. The molecule has 0 N–H and O–H groups in total. The van der Waals surface area contributed by atoms with Crippen molar-refractivity contribution in [2.45, 2.75) is 18.9 Å². The Labute approximate surface area is 83.9 Å². The second kappa shape index (κ2) is 2.54. The summed E-state index contributed by atoms with van der Waals surface area (Å²) in [5.41, 5.74) is 2.16. The van der Waals surface area contributed by atoms with E-state index in [1.165, 1.54) is 12.8 Å². The number of halogens is 1. The monoisotopic (exact) mass is 237 g/mol. The van der Waals surface area contributed by atoms with Gasteiger partial charge in [-0.3, -0.25) is 4.98 Å². The van der Waals surface area contributed by atoms with E-state index in [1.54, 1.807) is 6.20 Å². The zero-order valence-corrected chi connectivity index (χ0v) is 8.53. The molecule has 4 heteroatoms. The van der Waals surface area contributed by atoms with Crippen LogP contribution in [0.15, 0.2) is 23.2 Å². The topological polar surface area (TPSA) is 30.7 Å². The number of pyridine rings is 1. The van der Waals surface area contributed by atoms with Crippen molar-refractivity contribution in [3.63, 3.8) is 0 Å². The van der Waals surface area contributed by atoms with E-state index in [0.29, 0.717) is 6.04 Å². The Morgan fingerprint density at radius 1 is 1.46 bits per heavy atom. The van der Waals surface area contributed by atoms with Crippen LogP contribution in [0.5, 0.6) is 0 Å². The van der Waals surface area contributed by atoms with Crippen molar-refractivity contribution in [3.05, 3.63) is 23.2 Å². The van der Waals surface area contributed by atoms with Gasteiger partial charge >= 0.3 is 0 Å². The molecule has 0 radical (unpaired) electrons. The maximum atomic E-state index is 4.41. The van der Waals surface area contributed by atoms with E-state index in [4.69, 9.17) is 0 Å². The van der Waals surface area contributed by atoms with E-state index < -0.39 is 0 Å². The maximum Gasteiger partial charge on any atom is 0.178 e. The van der Waals surface area contributed by atoms with Crippen LogP contribution in [-0.2, 0) is 0 Å². The molecule has 0 saturated heterocycles. The molecule has 2 aromatic rings. The van der Waals surface area contributed by atoms with Gasteiger partial charge < -0.3 is 4.57 Å². The highest BCUT2D eigenvalue weighted by atomic mass is 79.9. The van der Waals surface area contributed by atoms with Crippen molar-refractivity contribution in [3.8, 4) is 0 Å². The van der Waals surface area contributed by atoms with Gasteiger partial charge in [0.1, 0.15) is 0 Å². The zero-order valence-electron chi connectivity index (χ0n) is 6.94. The van der Waals surface area contributed by atoms with Gasteiger partial charge in [0.15, 0.2) is 4.73 Å². The summed E-state index contributed by atoms with van der Waals surface area (Å²) in [6, 6.07) is 2.59. The van der Waals surface area contributed by atoms with Crippen molar-refractivity contribution in [1.29, 1.82) is 0 Å². The molecule has 1 saturated carbocycles. The lowest BCUT2D eigenvalue weighted by Crippen LogP contribution is -1.93. The van der Waals surface area contributed by atoms with Crippen LogP contribution in [0.4, 0.5) is 0 Å². The first kappa shape index (κ1) is 7.50. The van der Waals surface area contributed by atoms with E-state index in [1.807, 2.05) is 12.3 Å². The first-order chi connectivity index (χ1) is 6.36. The van der Waals surface area contributed by atoms with Gasteiger partial charge in [-0.2, -0.15) is 0 Å². The highest BCUT2D eigenvalue weighted by Crippen LogP contribution is 2.39. The molecule has 13 heavy (non-hydrogen) atoms. The molecule has 0 aliphatic heterocycles. The Morgan fingerprint density at radius 3 is 3.08 bits per heavy atom. The van der Waals surface area contributed by atoms with Crippen molar-refractivity contribution in [2.75, 3.05) is 0 Å². The van der Waals surface area contributed by atoms with E-state index >= 15 is 0 Å². The van der Waals surface area contributed by atoms with Crippen LogP contribution in [0, 0.1) is 0 Å². The van der Waals surface area contributed by atoms with Crippen LogP contribution < -0.4 is 0 Å². The van der Waals surface area contributed by atoms with Crippen LogP contribution in [0.2, 0.25) is 0 Å². The molecule has 0 spiro atoms. The highest BCUT2D eigenvalue weighted by Gasteiger charge is 2.27. The van der Waals surface area contributed by atoms with Crippen molar-refractivity contribution < 1.29 is 0 Å². The Balaban J connectivity index is 2.35. The molecule has 1 aliphatic carbocycles. The molecule has 2 heterocycles. The third-order valence-corrected chi connectivity index (χ3v) is 2.92. The van der Waals surface area contributed by atoms with Gasteiger partial charge in [-0.15, -0.1) is 0 Å². The average molecular weight is 238 g/mol. The molecule has 3 rings (SSSR count). The molecular formula is C9H8BrN3. The molecule has 0 bridgehead atoms. The van der Waals surface area contributed by atoms with Crippen LogP contribution in [0.1, 0.15) is 18.9 Å². The van der Waals surface area contributed by atoms with Gasteiger partial charge in [0.05, 0.1) is 17.2 Å². The van der Waals surface area contributed by atoms with E-state index in [0.717, 1.165) is 15.8 Å². The van der Waals surface area contributed by atoms with Gasteiger partial charge in [0.25, 0.3) is 0 Å². The smallest absolute Gasteiger partial charge is 0.178 e. The van der Waals surface area contributed by atoms with E-state index in [-0.39, 0.29) is 0 Å². The van der Waals surface area contributed by atoms with E-state index in [2.05, 4.69) is 30.5 Å². The largest absolute Gasteiger partial charge is 0.314 e. The fraction of sp³-hybridized carbons (Fsp3) is 0.333. The lowest BCUT2D eigenvalue weighted by molar-refractivity contribution is 0.744. The minimum atomic E-state index is 0.642. The Kier molecular flexibility index (Phi) is 1.47. The Morgan fingerprint density at radius 2 is 2.31 bits per heavy atom. The molecular weight excluding hydrogens is 230 g/mol. The molecule has 0 amide bonds. The first-order valence-electron chi connectivity index (χ1n) is 4.34. The summed E-state index contributed by atoms with van der Waals surface area (Å²) in [4.78, 5) is 8.53. The lowest BCUT2D eigenvalue weighted by atomic mass is 10.4. The van der Waals surface area contributed by atoms with Gasteiger partial charge in [-0.05, 0) is 34.8 Å². The third kappa shape index (κ3) is 1.09. The van der Waals surface area contributed by atoms with Crippen molar-refractivity contribution in [2.24, 2.45) is 0 Å². The summed E-state index contributed by atoms with van der Waals surface area (Å²) < 4.78 is 3.15. The molecule has 1 fully saturated rings. The summed E-state index contributed by atoms with van der Waals surface area (Å²) in [6.07, 6.45) is 6.18. The van der Waals surface area contributed by atoms with Gasteiger partial charge in [0.2, 0.25) is 0 Å². The number of rotatable bonds is 1. The fourth-order valence-electron chi connectivity index (χ4n) is 1.59. The molecule has 0 aromatic carbocycles. The summed E-state index contributed by atoms with van der Waals surface area (Å²) in [5, 5.41) is 0. The summed E-state index contributed by atoms with van der Waals surface area (Å²) in [5.74, 6) is 0. The highest BCUT2D eigenvalue weighted by molar-refractivity contribution is 9.10. The number of aromatic nitrogens is 3. The molecule has 2 aromatic heterocycles. The van der Waals surface area contributed by atoms with Crippen LogP contribution >= 0.6 is 15.9 Å². The summed E-state index contributed by atoms with van der Waals surface area (Å²) >= 11 is 3.47. The first-order valence-corrected chi connectivity index (χ1v) is 5.13. The minimum absolute atomic E-state index is 0.642. The zero-order chi connectivity index (χ0) is 8.84. The molecule has 1 aliphatic rings. The van der Waals surface area contributed by atoms with Crippen LogP contribution in [-0.4, -0.2) is 14.5 Å². The second-order valence-corrected chi connectivity index (χ2v) is 4.06. The Bertz CT molecular complexity index is 459. The van der Waals surface area contributed by atoms with E-state index in [9.17, 15) is 0 Å². The molecule has 0 unspecified atom stereocenters. The fourth-order valence-corrected chi connectivity index (χ4v) is 2.26. The van der Waals surface area contributed by atoms with Crippen LogP contribution in [0.25, 0.3) is 11.0 Å². The predicted molar refractivity (Wildman–Crippen MR) is 53.5 cm³/mol. The van der Waals surface area contributed by atoms with Crippen molar-refractivity contribution in [1.82, 2.24) is 14.5 Å². The quantitative estimate of drug-likeness (QED) is 0.764. The third-order valence-electron chi connectivity index (χ3n) is 2.36. The van der Waals surface area contributed by atoms with Crippen molar-refractivity contribution >= 4 is 27.0 Å². The normalized spacial score (nSPS) is 16.7. The van der Waals surface area contributed by atoms with Crippen LogP contribution in [0.3, 0.4) is 0 Å². The summed E-state index contributed by atoms with van der Waals surface area (Å²) in [7, 11) is 0. The van der Waals surface area contributed by atoms with Gasteiger partial charge in [-0.1, -0.05) is 0 Å². The number of hydrogen-bond acceptors (Lipinski definition) is 2. The predicted octanol–water partition coefficient (Wildman–Crippen LogP) is 2.53. The lowest BCUT2D eigenvalue weighted by Gasteiger charge is -2.00. The molecule has 3 nitrogen and oxygen atoms in total. The molecule has 66 valence electrons. The number of fused-ring (bicyclic) bond motifs is 1. The minimum Gasteiger partial charge on any atom is -0.314 e. The maximum absolute atomic E-state index is 4.41. The van der Waals surface area contributed by atoms with Gasteiger partial charge in [0, 0.05) is 12.2 Å². The number of imidazole rings is 1.